The third kappa shape index (κ3) is 2.58. The number of aromatic nitrogens is 2. The van der Waals surface area contributed by atoms with Crippen LogP contribution >= 0.6 is 0 Å². The van der Waals surface area contributed by atoms with Gasteiger partial charge in [0.05, 0.1) is 11.4 Å². The van der Waals surface area contributed by atoms with E-state index in [4.69, 9.17) is 0 Å². The fourth-order valence-electron chi connectivity index (χ4n) is 2.07. The second kappa shape index (κ2) is 5.40. The average molecular weight is 300 g/mol. The Balaban J connectivity index is 2.11. The Labute approximate surface area is 124 Å². The van der Waals surface area contributed by atoms with Crippen molar-refractivity contribution in [1.82, 2.24) is 9.78 Å². The summed E-state index contributed by atoms with van der Waals surface area (Å²) < 4.78 is 27.2. The lowest BCUT2D eigenvalue weighted by atomic mass is 10.1. The number of carboxylic acid groups (broad SMARTS) is 1. The van der Waals surface area contributed by atoms with Gasteiger partial charge in [-0.1, -0.05) is 0 Å². The molecule has 0 unspecified atom stereocenters. The third-order valence-electron chi connectivity index (χ3n) is 3.14. The molecule has 3 rings (SSSR count). The summed E-state index contributed by atoms with van der Waals surface area (Å²) in [6, 6.07) is 12.3. The normalized spacial score (nSPS) is 10.6. The first-order valence-corrected chi connectivity index (χ1v) is 6.40. The minimum absolute atomic E-state index is 0.0640. The van der Waals surface area contributed by atoms with Crippen molar-refractivity contribution in [1.29, 1.82) is 0 Å². The van der Waals surface area contributed by atoms with Gasteiger partial charge in [0.1, 0.15) is 11.6 Å². The van der Waals surface area contributed by atoms with E-state index >= 15 is 0 Å². The number of halogens is 2. The predicted molar refractivity (Wildman–Crippen MR) is 75.9 cm³/mol. The molecule has 0 saturated heterocycles. The van der Waals surface area contributed by atoms with Gasteiger partial charge in [-0.05, 0) is 54.6 Å². The van der Waals surface area contributed by atoms with Crippen LogP contribution in [0, 0.1) is 11.6 Å². The average Bonchev–Trinajstić information content (AvgIpc) is 2.94. The first-order chi connectivity index (χ1) is 10.5. The van der Waals surface area contributed by atoms with Crippen LogP contribution in [-0.2, 0) is 0 Å². The van der Waals surface area contributed by atoms with Crippen molar-refractivity contribution in [2.75, 3.05) is 0 Å². The number of carbonyl (C=O) groups is 1. The molecule has 0 amide bonds. The van der Waals surface area contributed by atoms with Gasteiger partial charge in [0.25, 0.3) is 0 Å². The standard InChI is InChI=1S/C16H10F2N2O2/c17-11-3-1-10(2-4-11)14-9-15(16(21)22)20(19-14)13-7-5-12(18)6-8-13/h1-9H,(H,21,22). The van der Waals surface area contributed by atoms with Crippen LogP contribution in [0.3, 0.4) is 0 Å². The molecule has 22 heavy (non-hydrogen) atoms. The zero-order valence-corrected chi connectivity index (χ0v) is 11.2. The van der Waals surface area contributed by atoms with Crippen LogP contribution in [0.4, 0.5) is 8.78 Å². The molecule has 4 nitrogen and oxygen atoms in total. The highest BCUT2D eigenvalue weighted by atomic mass is 19.1. The van der Waals surface area contributed by atoms with E-state index in [1.54, 1.807) is 0 Å². The van der Waals surface area contributed by atoms with Crippen LogP contribution < -0.4 is 0 Å². The summed E-state index contributed by atoms with van der Waals surface area (Å²) in [4.78, 5) is 11.4. The largest absolute Gasteiger partial charge is 0.477 e. The highest BCUT2D eigenvalue weighted by molar-refractivity contribution is 5.88. The van der Waals surface area contributed by atoms with E-state index in [0.29, 0.717) is 16.9 Å². The molecule has 6 heteroatoms. The Hall–Kier alpha value is -3.02. The number of rotatable bonds is 3. The molecule has 1 heterocycles. The molecule has 3 aromatic rings. The van der Waals surface area contributed by atoms with Gasteiger partial charge in [-0.3, -0.25) is 0 Å². The predicted octanol–water partition coefficient (Wildman–Crippen LogP) is 3.52. The summed E-state index contributed by atoms with van der Waals surface area (Å²) in [6.07, 6.45) is 0. The third-order valence-corrected chi connectivity index (χ3v) is 3.14. The van der Waals surface area contributed by atoms with Gasteiger partial charge in [0.15, 0.2) is 5.69 Å². The van der Waals surface area contributed by atoms with Gasteiger partial charge in [0, 0.05) is 5.56 Å². The molecule has 0 aliphatic carbocycles. The number of carboxylic acids is 1. The van der Waals surface area contributed by atoms with E-state index in [9.17, 15) is 18.7 Å². The summed E-state index contributed by atoms with van der Waals surface area (Å²) in [5.74, 6) is -1.98. The molecule has 1 aromatic heterocycles. The molecule has 0 fully saturated rings. The minimum Gasteiger partial charge on any atom is -0.477 e. The molecule has 2 aromatic carbocycles. The van der Waals surface area contributed by atoms with Crippen molar-refractivity contribution in [3.05, 3.63) is 71.9 Å². The quantitative estimate of drug-likeness (QED) is 0.805. The maximum Gasteiger partial charge on any atom is 0.354 e. The van der Waals surface area contributed by atoms with Crippen molar-refractivity contribution >= 4 is 5.97 Å². The molecule has 0 spiro atoms. The first kappa shape index (κ1) is 13.9. The zero-order valence-electron chi connectivity index (χ0n) is 11.2. The minimum atomic E-state index is -1.16. The van der Waals surface area contributed by atoms with Gasteiger partial charge in [-0.15, -0.1) is 0 Å². The topological polar surface area (TPSA) is 55.1 Å². The smallest absolute Gasteiger partial charge is 0.354 e. The second-order valence-electron chi connectivity index (χ2n) is 4.62. The number of hydrogen-bond acceptors (Lipinski definition) is 2. The maximum absolute atomic E-state index is 13.0. The molecule has 110 valence electrons. The molecular weight excluding hydrogens is 290 g/mol. The van der Waals surface area contributed by atoms with Gasteiger partial charge in [-0.2, -0.15) is 5.10 Å². The van der Waals surface area contributed by atoms with Crippen molar-refractivity contribution < 1.29 is 18.7 Å². The van der Waals surface area contributed by atoms with Gasteiger partial charge in [0.2, 0.25) is 0 Å². The Morgan fingerprint density at radius 2 is 1.50 bits per heavy atom. The molecule has 0 aliphatic heterocycles. The van der Waals surface area contributed by atoms with Gasteiger partial charge < -0.3 is 5.11 Å². The van der Waals surface area contributed by atoms with Gasteiger partial charge >= 0.3 is 5.97 Å². The summed E-state index contributed by atoms with van der Waals surface area (Å²) in [7, 11) is 0. The first-order valence-electron chi connectivity index (χ1n) is 6.40. The summed E-state index contributed by atoms with van der Waals surface area (Å²) in [5.41, 5.74) is 1.34. The Bertz CT molecular complexity index is 824. The number of benzene rings is 2. The molecular formula is C16H10F2N2O2. The van der Waals surface area contributed by atoms with E-state index in [2.05, 4.69) is 5.10 Å². The SMILES string of the molecule is O=C(O)c1cc(-c2ccc(F)cc2)nn1-c1ccc(F)cc1. The number of nitrogens with zero attached hydrogens (tertiary/aromatic N) is 2. The summed E-state index contributed by atoms with van der Waals surface area (Å²) in [5, 5.41) is 13.5. The second-order valence-corrected chi connectivity index (χ2v) is 4.62. The lowest BCUT2D eigenvalue weighted by Gasteiger charge is -2.03. The van der Waals surface area contributed by atoms with Crippen molar-refractivity contribution in [3.8, 4) is 16.9 Å². The van der Waals surface area contributed by atoms with Crippen LogP contribution in [0.15, 0.2) is 54.6 Å². The van der Waals surface area contributed by atoms with Crippen molar-refractivity contribution in [2.24, 2.45) is 0 Å². The summed E-state index contributed by atoms with van der Waals surface area (Å²) >= 11 is 0. The van der Waals surface area contributed by atoms with Crippen molar-refractivity contribution in [3.63, 3.8) is 0 Å². The lowest BCUT2D eigenvalue weighted by Crippen LogP contribution is -2.07. The number of aromatic carboxylic acids is 1. The van der Waals surface area contributed by atoms with E-state index in [0.717, 1.165) is 0 Å². The Morgan fingerprint density at radius 1 is 0.955 bits per heavy atom. The van der Waals surface area contributed by atoms with E-state index in [-0.39, 0.29) is 11.5 Å². The molecule has 0 aliphatic rings. The molecule has 0 atom stereocenters. The fraction of sp³-hybridized carbons (Fsp3) is 0. The molecule has 0 radical (unpaired) electrons. The van der Waals surface area contributed by atoms with Crippen molar-refractivity contribution in [2.45, 2.75) is 0 Å². The Morgan fingerprint density at radius 3 is 2.05 bits per heavy atom. The molecule has 1 N–H and O–H groups in total. The molecule has 0 saturated carbocycles. The zero-order chi connectivity index (χ0) is 15.7. The summed E-state index contributed by atoms with van der Waals surface area (Å²) in [6.45, 7) is 0. The van der Waals surface area contributed by atoms with Crippen LogP contribution in [0.2, 0.25) is 0 Å². The maximum atomic E-state index is 13.0. The van der Waals surface area contributed by atoms with E-state index in [1.165, 1.54) is 59.3 Å². The number of hydrogen-bond donors (Lipinski definition) is 1. The fourth-order valence-corrected chi connectivity index (χ4v) is 2.07. The Kier molecular flexibility index (Phi) is 3.42. The van der Waals surface area contributed by atoms with Crippen LogP contribution in [0.1, 0.15) is 10.5 Å². The van der Waals surface area contributed by atoms with Crippen LogP contribution in [0.5, 0.6) is 0 Å². The highest BCUT2D eigenvalue weighted by Crippen LogP contribution is 2.22. The van der Waals surface area contributed by atoms with Crippen LogP contribution in [0.25, 0.3) is 16.9 Å². The van der Waals surface area contributed by atoms with E-state index < -0.39 is 11.8 Å². The van der Waals surface area contributed by atoms with Crippen LogP contribution in [-0.4, -0.2) is 20.9 Å². The monoisotopic (exact) mass is 300 g/mol. The highest BCUT2D eigenvalue weighted by Gasteiger charge is 2.16. The van der Waals surface area contributed by atoms with Gasteiger partial charge in [-0.25, -0.2) is 18.3 Å². The molecule has 0 bridgehead atoms. The van der Waals surface area contributed by atoms with E-state index in [1.807, 2.05) is 0 Å². The lowest BCUT2D eigenvalue weighted by molar-refractivity contribution is 0.0687.